The Kier molecular flexibility index (Phi) is 3.61. The van der Waals surface area contributed by atoms with E-state index in [1.165, 1.54) is 18.3 Å². The van der Waals surface area contributed by atoms with Gasteiger partial charge >= 0.3 is 6.18 Å². The number of benzene rings is 1. The normalized spacial score (nSPS) is 13.5. The Morgan fingerprint density at radius 2 is 2.05 bits per heavy atom. The number of hydrogen-bond acceptors (Lipinski definition) is 3. The molecule has 102 valence electrons. The maximum absolute atomic E-state index is 12.1. The summed E-state index contributed by atoms with van der Waals surface area (Å²) >= 11 is 0. The summed E-state index contributed by atoms with van der Waals surface area (Å²) in [6.45, 7) is 0.259. The smallest absolute Gasteiger partial charge is 0.422 e. The van der Waals surface area contributed by atoms with Crippen LogP contribution in [-0.2, 0) is 0 Å². The van der Waals surface area contributed by atoms with Crippen LogP contribution >= 0.6 is 0 Å². The molecule has 19 heavy (non-hydrogen) atoms. The SMILES string of the molecule is C[C@@H](O)c1cnc2ccc(OCC(F)(F)F)cc2c1. The van der Waals surface area contributed by atoms with Crippen LogP contribution in [0.25, 0.3) is 10.9 Å². The number of rotatable bonds is 3. The fourth-order valence-corrected chi connectivity index (χ4v) is 1.61. The largest absolute Gasteiger partial charge is 0.484 e. The van der Waals surface area contributed by atoms with Gasteiger partial charge in [0.1, 0.15) is 5.75 Å². The van der Waals surface area contributed by atoms with Crippen LogP contribution < -0.4 is 4.74 Å². The molecular formula is C13H12F3NO2. The summed E-state index contributed by atoms with van der Waals surface area (Å²) in [5, 5.41) is 10.1. The molecule has 0 aliphatic carbocycles. The van der Waals surface area contributed by atoms with Crippen molar-refractivity contribution in [1.29, 1.82) is 0 Å². The summed E-state index contributed by atoms with van der Waals surface area (Å²) in [5.74, 6) is 0.120. The molecule has 0 amide bonds. The number of aliphatic hydroxyl groups excluding tert-OH is 1. The van der Waals surface area contributed by atoms with Crippen LogP contribution in [0.3, 0.4) is 0 Å². The highest BCUT2D eigenvalue weighted by molar-refractivity contribution is 5.80. The molecule has 3 nitrogen and oxygen atoms in total. The van der Waals surface area contributed by atoms with Crippen molar-refractivity contribution in [2.24, 2.45) is 0 Å². The minimum Gasteiger partial charge on any atom is -0.484 e. The minimum atomic E-state index is -4.37. The Balaban J connectivity index is 2.28. The van der Waals surface area contributed by atoms with E-state index in [1.807, 2.05) is 0 Å². The second kappa shape index (κ2) is 5.05. The quantitative estimate of drug-likeness (QED) is 0.932. The molecule has 1 aromatic carbocycles. The first-order chi connectivity index (χ1) is 8.85. The van der Waals surface area contributed by atoms with Crippen LogP contribution in [0.1, 0.15) is 18.6 Å². The van der Waals surface area contributed by atoms with Gasteiger partial charge in [-0.3, -0.25) is 4.98 Å². The first kappa shape index (κ1) is 13.6. The second-order valence-electron chi connectivity index (χ2n) is 4.20. The Hall–Kier alpha value is -1.82. The maximum Gasteiger partial charge on any atom is 0.422 e. The Labute approximate surface area is 107 Å². The van der Waals surface area contributed by atoms with Crippen molar-refractivity contribution < 1.29 is 23.0 Å². The average Bonchev–Trinajstić information content (AvgIpc) is 2.34. The second-order valence-corrected chi connectivity index (χ2v) is 4.20. The summed E-state index contributed by atoms with van der Waals surface area (Å²) in [6, 6.07) is 6.16. The van der Waals surface area contributed by atoms with E-state index in [-0.39, 0.29) is 5.75 Å². The number of fused-ring (bicyclic) bond motifs is 1. The minimum absolute atomic E-state index is 0.120. The van der Waals surface area contributed by atoms with Crippen LogP contribution in [0.4, 0.5) is 13.2 Å². The molecule has 0 saturated heterocycles. The standard InChI is InChI=1S/C13H12F3NO2/c1-8(18)10-4-9-5-11(19-7-13(14,15)16)2-3-12(9)17-6-10/h2-6,8,18H,7H2,1H3/t8-/m1/s1. The third-order valence-corrected chi connectivity index (χ3v) is 2.56. The van der Waals surface area contributed by atoms with Crippen LogP contribution in [-0.4, -0.2) is 22.9 Å². The number of aromatic nitrogens is 1. The summed E-state index contributed by atoms with van der Waals surface area (Å²) in [6.07, 6.45) is -3.52. The number of hydrogen-bond donors (Lipinski definition) is 1. The van der Waals surface area contributed by atoms with Crippen molar-refractivity contribution in [1.82, 2.24) is 4.98 Å². The van der Waals surface area contributed by atoms with Gasteiger partial charge in [-0.1, -0.05) is 0 Å². The molecule has 0 spiro atoms. The summed E-state index contributed by atoms with van der Waals surface area (Å²) in [4.78, 5) is 4.11. The van der Waals surface area contributed by atoms with Crippen molar-refractivity contribution in [3.05, 3.63) is 36.0 Å². The first-order valence-electron chi connectivity index (χ1n) is 5.62. The monoisotopic (exact) mass is 271 g/mol. The number of pyridine rings is 1. The highest BCUT2D eigenvalue weighted by Gasteiger charge is 2.28. The van der Waals surface area contributed by atoms with Crippen LogP contribution in [0.2, 0.25) is 0 Å². The molecule has 0 fully saturated rings. The average molecular weight is 271 g/mol. The van der Waals surface area contributed by atoms with E-state index in [4.69, 9.17) is 0 Å². The molecule has 0 saturated carbocycles. The van der Waals surface area contributed by atoms with E-state index < -0.39 is 18.9 Å². The van der Waals surface area contributed by atoms with Gasteiger partial charge < -0.3 is 9.84 Å². The highest BCUT2D eigenvalue weighted by atomic mass is 19.4. The van der Waals surface area contributed by atoms with Gasteiger partial charge in [-0.25, -0.2) is 0 Å². The maximum atomic E-state index is 12.1. The molecule has 1 aromatic heterocycles. The third kappa shape index (κ3) is 3.57. The van der Waals surface area contributed by atoms with Gasteiger partial charge in [0.05, 0.1) is 11.6 Å². The lowest BCUT2D eigenvalue weighted by Gasteiger charge is -2.10. The van der Waals surface area contributed by atoms with Crippen LogP contribution in [0.15, 0.2) is 30.5 Å². The van der Waals surface area contributed by atoms with Gasteiger partial charge in [0.25, 0.3) is 0 Å². The predicted octanol–water partition coefficient (Wildman–Crippen LogP) is 3.23. The lowest BCUT2D eigenvalue weighted by Crippen LogP contribution is -2.19. The number of halogens is 3. The van der Waals surface area contributed by atoms with Crippen molar-refractivity contribution in [3.8, 4) is 5.75 Å². The zero-order valence-electron chi connectivity index (χ0n) is 10.1. The van der Waals surface area contributed by atoms with Crippen molar-refractivity contribution >= 4 is 10.9 Å². The van der Waals surface area contributed by atoms with E-state index in [9.17, 15) is 18.3 Å². The van der Waals surface area contributed by atoms with E-state index in [0.29, 0.717) is 16.5 Å². The molecule has 2 aromatic rings. The van der Waals surface area contributed by atoms with Gasteiger partial charge in [-0.15, -0.1) is 0 Å². The molecule has 2 rings (SSSR count). The topological polar surface area (TPSA) is 42.4 Å². The van der Waals surface area contributed by atoms with Crippen molar-refractivity contribution in [2.75, 3.05) is 6.61 Å². The number of nitrogens with zero attached hydrogens (tertiary/aromatic N) is 1. The molecular weight excluding hydrogens is 259 g/mol. The molecule has 0 radical (unpaired) electrons. The van der Waals surface area contributed by atoms with E-state index >= 15 is 0 Å². The summed E-state index contributed by atoms with van der Waals surface area (Å²) < 4.78 is 40.8. The van der Waals surface area contributed by atoms with Gasteiger partial charge in [-0.05, 0) is 36.8 Å². The molecule has 1 atom stereocenters. The fourth-order valence-electron chi connectivity index (χ4n) is 1.61. The Bertz CT molecular complexity index is 582. The lowest BCUT2D eigenvalue weighted by molar-refractivity contribution is -0.153. The lowest BCUT2D eigenvalue weighted by atomic mass is 10.1. The summed E-state index contributed by atoms with van der Waals surface area (Å²) in [5.41, 5.74) is 1.23. The number of aliphatic hydroxyl groups is 1. The van der Waals surface area contributed by atoms with Crippen LogP contribution in [0, 0.1) is 0 Å². The fraction of sp³-hybridized carbons (Fsp3) is 0.308. The third-order valence-electron chi connectivity index (χ3n) is 2.56. The Morgan fingerprint density at radius 1 is 1.32 bits per heavy atom. The van der Waals surface area contributed by atoms with E-state index in [1.54, 1.807) is 19.1 Å². The number of ether oxygens (including phenoxy) is 1. The van der Waals surface area contributed by atoms with Crippen molar-refractivity contribution in [3.63, 3.8) is 0 Å². The van der Waals surface area contributed by atoms with Gasteiger partial charge in [0, 0.05) is 11.6 Å². The van der Waals surface area contributed by atoms with E-state index in [0.717, 1.165) is 0 Å². The first-order valence-corrected chi connectivity index (χ1v) is 5.62. The van der Waals surface area contributed by atoms with E-state index in [2.05, 4.69) is 9.72 Å². The summed E-state index contributed by atoms with van der Waals surface area (Å²) in [7, 11) is 0. The molecule has 6 heteroatoms. The highest BCUT2D eigenvalue weighted by Crippen LogP contribution is 2.24. The van der Waals surface area contributed by atoms with Gasteiger partial charge in [0.15, 0.2) is 6.61 Å². The predicted molar refractivity (Wildman–Crippen MR) is 63.9 cm³/mol. The molecule has 1 N–H and O–H groups in total. The zero-order valence-corrected chi connectivity index (χ0v) is 10.1. The molecule has 0 bridgehead atoms. The van der Waals surface area contributed by atoms with Crippen LogP contribution in [0.5, 0.6) is 5.75 Å². The van der Waals surface area contributed by atoms with Gasteiger partial charge in [0.2, 0.25) is 0 Å². The van der Waals surface area contributed by atoms with Gasteiger partial charge in [-0.2, -0.15) is 13.2 Å². The molecule has 1 heterocycles. The molecule has 0 aliphatic rings. The van der Waals surface area contributed by atoms with Crippen molar-refractivity contribution in [2.45, 2.75) is 19.2 Å². The molecule has 0 aliphatic heterocycles. The number of alkyl halides is 3. The Morgan fingerprint density at radius 3 is 2.68 bits per heavy atom. The molecule has 0 unspecified atom stereocenters. The zero-order chi connectivity index (χ0) is 14.0.